The molecule has 0 aliphatic carbocycles. The molecule has 0 fully saturated rings. The van der Waals surface area contributed by atoms with Crippen LogP contribution in [0.1, 0.15) is 25.3 Å². The van der Waals surface area contributed by atoms with Crippen LogP contribution < -0.4 is 14.8 Å². The molecule has 1 rings (SSSR count). The summed E-state index contributed by atoms with van der Waals surface area (Å²) < 4.78 is 16.4. The van der Waals surface area contributed by atoms with Crippen molar-refractivity contribution in [2.45, 2.75) is 26.3 Å². The minimum atomic E-state index is -0.178. The van der Waals surface area contributed by atoms with E-state index in [1.807, 2.05) is 19.1 Å². The Morgan fingerprint density at radius 2 is 2.10 bits per heavy atom. The molecule has 0 heterocycles. The van der Waals surface area contributed by atoms with Crippen LogP contribution in [0.15, 0.2) is 16.6 Å². The van der Waals surface area contributed by atoms with E-state index in [0.717, 1.165) is 28.8 Å². The van der Waals surface area contributed by atoms with E-state index in [-0.39, 0.29) is 5.97 Å². The minimum absolute atomic E-state index is 0.178. The second kappa shape index (κ2) is 9.63. The van der Waals surface area contributed by atoms with E-state index in [1.54, 1.807) is 7.11 Å². The third kappa shape index (κ3) is 5.93. The number of benzene rings is 1. The highest BCUT2D eigenvalue weighted by Gasteiger charge is 2.11. The standard InChI is InChI=1S/C15H22BrNO4/c1-4-21-15-12(16)8-11(9-13(15)19-2)10-17-7-5-6-14(18)20-3/h8-9,17H,4-7,10H2,1-3H3. The van der Waals surface area contributed by atoms with Crippen LogP contribution in [0.5, 0.6) is 11.5 Å². The fourth-order valence-corrected chi connectivity index (χ4v) is 2.46. The van der Waals surface area contributed by atoms with Crippen LogP contribution in [0, 0.1) is 0 Å². The van der Waals surface area contributed by atoms with E-state index in [1.165, 1.54) is 7.11 Å². The van der Waals surface area contributed by atoms with E-state index >= 15 is 0 Å². The number of hydrogen-bond donors (Lipinski definition) is 1. The molecule has 0 saturated heterocycles. The zero-order chi connectivity index (χ0) is 15.7. The molecule has 0 radical (unpaired) electrons. The molecular weight excluding hydrogens is 338 g/mol. The number of halogens is 1. The Balaban J connectivity index is 2.52. The smallest absolute Gasteiger partial charge is 0.305 e. The average Bonchev–Trinajstić information content (AvgIpc) is 2.48. The van der Waals surface area contributed by atoms with Gasteiger partial charge in [0.25, 0.3) is 0 Å². The number of methoxy groups -OCH3 is 2. The first kappa shape index (κ1) is 17.8. The largest absolute Gasteiger partial charge is 0.493 e. The zero-order valence-electron chi connectivity index (χ0n) is 12.7. The van der Waals surface area contributed by atoms with Gasteiger partial charge in [0.05, 0.1) is 25.3 Å². The lowest BCUT2D eigenvalue weighted by Gasteiger charge is -2.13. The SMILES string of the molecule is CCOc1c(Br)cc(CNCCCC(=O)OC)cc1OC. The highest BCUT2D eigenvalue weighted by atomic mass is 79.9. The van der Waals surface area contributed by atoms with Gasteiger partial charge in [0.1, 0.15) is 0 Å². The monoisotopic (exact) mass is 359 g/mol. The van der Waals surface area contributed by atoms with Gasteiger partial charge in [-0.3, -0.25) is 4.79 Å². The summed E-state index contributed by atoms with van der Waals surface area (Å²) in [6.45, 7) is 3.97. The number of carbonyl (C=O) groups is 1. The van der Waals surface area contributed by atoms with Crippen LogP contribution in [0.4, 0.5) is 0 Å². The van der Waals surface area contributed by atoms with E-state index < -0.39 is 0 Å². The Labute approximate surface area is 134 Å². The molecule has 5 nitrogen and oxygen atoms in total. The number of ether oxygens (including phenoxy) is 3. The summed E-state index contributed by atoms with van der Waals surface area (Å²) in [5.74, 6) is 1.24. The van der Waals surface area contributed by atoms with Gasteiger partial charge in [0.2, 0.25) is 0 Å². The molecule has 0 aliphatic heterocycles. The Bertz CT molecular complexity index is 465. The van der Waals surface area contributed by atoms with Gasteiger partial charge in [-0.2, -0.15) is 0 Å². The molecule has 6 heteroatoms. The van der Waals surface area contributed by atoms with Crippen molar-refractivity contribution in [2.24, 2.45) is 0 Å². The summed E-state index contributed by atoms with van der Waals surface area (Å²) in [7, 11) is 3.03. The van der Waals surface area contributed by atoms with Gasteiger partial charge in [0.15, 0.2) is 11.5 Å². The topological polar surface area (TPSA) is 56.8 Å². The molecule has 0 amide bonds. The number of esters is 1. The van der Waals surface area contributed by atoms with Crippen LogP contribution in [0.3, 0.4) is 0 Å². The van der Waals surface area contributed by atoms with E-state index in [0.29, 0.717) is 25.3 Å². The quantitative estimate of drug-likeness (QED) is 0.542. The van der Waals surface area contributed by atoms with Gasteiger partial charge < -0.3 is 19.5 Å². The normalized spacial score (nSPS) is 10.3. The summed E-state index contributed by atoms with van der Waals surface area (Å²) in [5.41, 5.74) is 1.08. The lowest BCUT2D eigenvalue weighted by Crippen LogP contribution is -2.16. The predicted octanol–water partition coefficient (Wildman–Crippen LogP) is 2.90. The highest BCUT2D eigenvalue weighted by molar-refractivity contribution is 9.10. The fraction of sp³-hybridized carbons (Fsp3) is 0.533. The van der Waals surface area contributed by atoms with Crippen molar-refractivity contribution in [1.82, 2.24) is 5.32 Å². The molecule has 0 aliphatic rings. The summed E-state index contributed by atoms with van der Waals surface area (Å²) >= 11 is 3.50. The molecular formula is C15H22BrNO4. The Kier molecular flexibility index (Phi) is 8.15. The first-order valence-electron chi connectivity index (χ1n) is 6.89. The molecule has 0 aromatic heterocycles. The van der Waals surface area contributed by atoms with Crippen molar-refractivity contribution < 1.29 is 19.0 Å². The van der Waals surface area contributed by atoms with Crippen LogP contribution in [0.25, 0.3) is 0 Å². The maximum Gasteiger partial charge on any atom is 0.305 e. The molecule has 1 aromatic carbocycles. The van der Waals surface area contributed by atoms with Crippen LogP contribution >= 0.6 is 15.9 Å². The Hall–Kier alpha value is -1.27. The molecule has 1 N–H and O–H groups in total. The van der Waals surface area contributed by atoms with Crippen molar-refractivity contribution in [3.63, 3.8) is 0 Å². The molecule has 1 aromatic rings. The lowest BCUT2D eigenvalue weighted by molar-refractivity contribution is -0.140. The summed E-state index contributed by atoms with van der Waals surface area (Å²) in [6, 6.07) is 3.95. The number of carbonyl (C=O) groups excluding carboxylic acids is 1. The molecule has 0 saturated carbocycles. The summed E-state index contributed by atoms with van der Waals surface area (Å²) in [5, 5.41) is 3.29. The maximum absolute atomic E-state index is 11.0. The second-order valence-electron chi connectivity index (χ2n) is 4.40. The van der Waals surface area contributed by atoms with Crippen LogP contribution in [0.2, 0.25) is 0 Å². The van der Waals surface area contributed by atoms with Gasteiger partial charge in [-0.25, -0.2) is 0 Å². The fourth-order valence-electron chi connectivity index (χ4n) is 1.85. The molecule has 0 atom stereocenters. The van der Waals surface area contributed by atoms with Crippen molar-refractivity contribution in [3.05, 3.63) is 22.2 Å². The third-order valence-electron chi connectivity index (χ3n) is 2.87. The second-order valence-corrected chi connectivity index (χ2v) is 5.25. The molecule has 118 valence electrons. The average molecular weight is 360 g/mol. The minimum Gasteiger partial charge on any atom is -0.493 e. The van der Waals surface area contributed by atoms with Crippen molar-refractivity contribution >= 4 is 21.9 Å². The molecule has 0 spiro atoms. The Morgan fingerprint density at radius 1 is 1.33 bits per heavy atom. The Morgan fingerprint density at radius 3 is 2.71 bits per heavy atom. The number of hydrogen-bond acceptors (Lipinski definition) is 5. The first-order valence-corrected chi connectivity index (χ1v) is 7.68. The van der Waals surface area contributed by atoms with Crippen molar-refractivity contribution in [1.29, 1.82) is 0 Å². The third-order valence-corrected chi connectivity index (χ3v) is 3.46. The molecule has 21 heavy (non-hydrogen) atoms. The highest BCUT2D eigenvalue weighted by Crippen LogP contribution is 2.36. The van der Waals surface area contributed by atoms with Gasteiger partial charge in [-0.15, -0.1) is 0 Å². The maximum atomic E-state index is 11.0. The number of rotatable bonds is 9. The number of nitrogens with one attached hydrogen (secondary N) is 1. The van der Waals surface area contributed by atoms with Crippen molar-refractivity contribution in [2.75, 3.05) is 27.4 Å². The van der Waals surface area contributed by atoms with Crippen LogP contribution in [-0.2, 0) is 16.1 Å². The van der Waals surface area contributed by atoms with Crippen LogP contribution in [-0.4, -0.2) is 33.3 Å². The lowest BCUT2D eigenvalue weighted by atomic mass is 10.2. The van der Waals surface area contributed by atoms with Gasteiger partial charge >= 0.3 is 5.97 Å². The molecule has 0 bridgehead atoms. The zero-order valence-corrected chi connectivity index (χ0v) is 14.3. The summed E-state index contributed by atoms with van der Waals surface area (Å²) in [4.78, 5) is 11.0. The van der Waals surface area contributed by atoms with E-state index in [9.17, 15) is 4.79 Å². The predicted molar refractivity (Wildman–Crippen MR) is 84.8 cm³/mol. The van der Waals surface area contributed by atoms with E-state index in [4.69, 9.17) is 9.47 Å². The summed E-state index contributed by atoms with van der Waals surface area (Å²) in [6.07, 6.45) is 1.18. The van der Waals surface area contributed by atoms with E-state index in [2.05, 4.69) is 26.0 Å². The van der Waals surface area contributed by atoms with Gasteiger partial charge in [-0.1, -0.05) is 0 Å². The molecule has 0 unspecified atom stereocenters. The van der Waals surface area contributed by atoms with Gasteiger partial charge in [0, 0.05) is 13.0 Å². The van der Waals surface area contributed by atoms with Crippen molar-refractivity contribution in [3.8, 4) is 11.5 Å². The first-order chi connectivity index (χ1) is 10.1. The van der Waals surface area contributed by atoms with Gasteiger partial charge in [-0.05, 0) is 53.5 Å².